The van der Waals surface area contributed by atoms with Crippen molar-refractivity contribution in [1.82, 2.24) is 10.2 Å². The molecule has 0 amide bonds. The fourth-order valence-electron chi connectivity index (χ4n) is 1.25. The van der Waals surface area contributed by atoms with Gasteiger partial charge >= 0.3 is 5.97 Å². The standard InChI is InChI=1S/C8H13N3O4S/c1-3-5-7(16(9,13)14)6(11-10-5)8(12)15-4-2/h3-4H2,1-2H3,(H,10,11)(H2,9,13,14). The summed E-state index contributed by atoms with van der Waals surface area (Å²) in [6.45, 7) is 3.47. The Morgan fingerprint density at radius 2 is 2.12 bits per heavy atom. The van der Waals surface area contributed by atoms with Gasteiger partial charge in [0.15, 0.2) is 5.69 Å². The molecular weight excluding hydrogens is 234 g/mol. The minimum Gasteiger partial charge on any atom is -0.461 e. The van der Waals surface area contributed by atoms with Crippen molar-refractivity contribution in [3.8, 4) is 0 Å². The molecule has 7 nitrogen and oxygen atoms in total. The second-order valence-corrected chi connectivity index (χ2v) is 4.50. The van der Waals surface area contributed by atoms with Gasteiger partial charge in [0, 0.05) is 0 Å². The van der Waals surface area contributed by atoms with Crippen LogP contribution in [0.15, 0.2) is 4.90 Å². The predicted molar refractivity (Wildman–Crippen MR) is 55.3 cm³/mol. The fraction of sp³-hybridized carbons (Fsp3) is 0.500. The summed E-state index contributed by atoms with van der Waals surface area (Å²) in [5, 5.41) is 11.1. The van der Waals surface area contributed by atoms with Crippen LogP contribution in [0.3, 0.4) is 0 Å². The average molecular weight is 247 g/mol. The molecule has 16 heavy (non-hydrogen) atoms. The molecule has 1 aromatic heterocycles. The Morgan fingerprint density at radius 1 is 1.50 bits per heavy atom. The van der Waals surface area contributed by atoms with E-state index in [4.69, 9.17) is 5.14 Å². The van der Waals surface area contributed by atoms with E-state index in [1.165, 1.54) is 0 Å². The SMILES string of the molecule is CCOC(=O)c1n[nH]c(CC)c1S(N)(=O)=O. The molecule has 0 aliphatic heterocycles. The number of sulfonamides is 1. The Kier molecular flexibility index (Phi) is 3.66. The van der Waals surface area contributed by atoms with Gasteiger partial charge in [-0.2, -0.15) is 5.10 Å². The number of esters is 1. The second-order valence-electron chi connectivity index (χ2n) is 3.00. The monoisotopic (exact) mass is 247 g/mol. The normalized spacial score (nSPS) is 11.4. The topological polar surface area (TPSA) is 115 Å². The average Bonchev–Trinajstić information content (AvgIpc) is 2.60. The number of H-pyrrole nitrogens is 1. The van der Waals surface area contributed by atoms with Gasteiger partial charge in [0.1, 0.15) is 4.90 Å². The zero-order chi connectivity index (χ0) is 12.3. The number of aryl methyl sites for hydroxylation is 1. The first-order chi connectivity index (χ1) is 7.41. The maximum Gasteiger partial charge on any atom is 0.360 e. The molecule has 0 aromatic carbocycles. The van der Waals surface area contributed by atoms with Crippen LogP contribution in [0.1, 0.15) is 30.0 Å². The van der Waals surface area contributed by atoms with E-state index in [0.29, 0.717) is 12.1 Å². The number of hydrogen-bond acceptors (Lipinski definition) is 5. The summed E-state index contributed by atoms with van der Waals surface area (Å²) in [4.78, 5) is 11.1. The van der Waals surface area contributed by atoms with E-state index >= 15 is 0 Å². The lowest BCUT2D eigenvalue weighted by atomic mass is 10.3. The van der Waals surface area contributed by atoms with E-state index in [1.807, 2.05) is 0 Å². The van der Waals surface area contributed by atoms with Crippen LogP contribution in [0.2, 0.25) is 0 Å². The highest BCUT2D eigenvalue weighted by atomic mass is 32.2. The molecule has 0 spiro atoms. The smallest absolute Gasteiger partial charge is 0.360 e. The summed E-state index contributed by atoms with van der Waals surface area (Å²) in [6, 6.07) is 0. The summed E-state index contributed by atoms with van der Waals surface area (Å²) < 4.78 is 27.3. The summed E-state index contributed by atoms with van der Waals surface area (Å²) in [5.41, 5.74) is 0.00625. The Hall–Kier alpha value is -1.41. The second kappa shape index (κ2) is 4.62. The first-order valence-corrected chi connectivity index (χ1v) is 6.23. The highest BCUT2D eigenvalue weighted by Crippen LogP contribution is 2.17. The number of rotatable bonds is 4. The number of carbonyl (C=O) groups excluding carboxylic acids is 1. The molecule has 1 aromatic rings. The summed E-state index contributed by atoms with van der Waals surface area (Å²) in [7, 11) is -3.99. The van der Waals surface area contributed by atoms with Gasteiger partial charge in [-0.1, -0.05) is 6.92 Å². The number of nitrogens with one attached hydrogen (secondary N) is 1. The third-order valence-electron chi connectivity index (χ3n) is 1.90. The number of aromatic amines is 1. The van der Waals surface area contributed by atoms with Crippen molar-refractivity contribution in [2.75, 3.05) is 6.61 Å². The molecule has 0 saturated carbocycles. The number of nitrogens with zero attached hydrogens (tertiary/aromatic N) is 1. The molecule has 0 unspecified atom stereocenters. The molecule has 0 saturated heterocycles. The first kappa shape index (κ1) is 12.7. The Labute approximate surface area is 93.0 Å². The lowest BCUT2D eigenvalue weighted by Gasteiger charge is -2.01. The molecular formula is C8H13N3O4S. The molecule has 1 heterocycles. The van der Waals surface area contributed by atoms with Crippen molar-refractivity contribution < 1.29 is 17.9 Å². The van der Waals surface area contributed by atoms with E-state index in [-0.39, 0.29) is 17.2 Å². The van der Waals surface area contributed by atoms with Gasteiger partial charge in [-0.05, 0) is 13.3 Å². The van der Waals surface area contributed by atoms with Gasteiger partial charge in [0.05, 0.1) is 12.3 Å². The van der Waals surface area contributed by atoms with E-state index in [9.17, 15) is 13.2 Å². The van der Waals surface area contributed by atoms with Crippen LogP contribution in [0.4, 0.5) is 0 Å². The Morgan fingerprint density at radius 3 is 2.56 bits per heavy atom. The van der Waals surface area contributed by atoms with Crippen LogP contribution >= 0.6 is 0 Å². The van der Waals surface area contributed by atoms with Gasteiger partial charge in [0.25, 0.3) is 0 Å². The van der Waals surface area contributed by atoms with Crippen molar-refractivity contribution >= 4 is 16.0 Å². The molecule has 0 radical (unpaired) electrons. The minimum atomic E-state index is -3.99. The van der Waals surface area contributed by atoms with Crippen molar-refractivity contribution in [1.29, 1.82) is 0 Å². The largest absolute Gasteiger partial charge is 0.461 e. The highest BCUT2D eigenvalue weighted by Gasteiger charge is 2.27. The third-order valence-corrected chi connectivity index (χ3v) is 2.91. The van der Waals surface area contributed by atoms with Crippen molar-refractivity contribution in [2.45, 2.75) is 25.2 Å². The van der Waals surface area contributed by atoms with Crippen LogP contribution in [0.5, 0.6) is 0 Å². The number of carbonyl (C=O) groups is 1. The van der Waals surface area contributed by atoms with Crippen LogP contribution < -0.4 is 5.14 Å². The summed E-state index contributed by atoms with van der Waals surface area (Å²) >= 11 is 0. The van der Waals surface area contributed by atoms with E-state index in [0.717, 1.165) is 0 Å². The van der Waals surface area contributed by atoms with E-state index < -0.39 is 16.0 Å². The molecule has 0 aliphatic carbocycles. The van der Waals surface area contributed by atoms with Gasteiger partial charge in [0.2, 0.25) is 10.0 Å². The van der Waals surface area contributed by atoms with Gasteiger partial charge in [-0.15, -0.1) is 0 Å². The minimum absolute atomic E-state index is 0.136. The predicted octanol–water partition coefficient (Wildman–Crippen LogP) is -0.204. The van der Waals surface area contributed by atoms with Gasteiger partial charge in [-0.25, -0.2) is 18.4 Å². The van der Waals surface area contributed by atoms with E-state index in [1.54, 1.807) is 13.8 Å². The Bertz CT molecular complexity index is 491. The van der Waals surface area contributed by atoms with Crippen LogP contribution in [0, 0.1) is 0 Å². The molecule has 0 atom stereocenters. The molecule has 0 bridgehead atoms. The zero-order valence-corrected chi connectivity index (χ0v) is 9.80. The molecule has 1 rings (SSSR count). The van der Waals surface area contributed by atoms with Crippen molar-refractivity contribution in [2.24, 2.45) is 5.14 Å². The van der Waals surface area contributed by atoms with Gasteiger partial charge < -0.3 is 4.74 Å². The zero-order valence-electron chi connectivity index (χ0n) is 8.98. The lowest BCUT2D eigenvalue weighted by molar-refractivity contribution is 0.0515. The number of primary sulfonamides is 1. The van der Waals surface area contributed by atoms with Gasteiger partial charge in [-0.3, -0.25) is 5.10 Å². The number of hydrogen-bond donors (Lipinski definition) is 2. The first-order valence-electron chi connectivity index (χ1n) is 4.69. The highest BCUT2D eigenvalue weighted by molar-refractivity contribution is 7.89. The van der Waals surface area contributed by atoms with E-state index in [2.05, 4.69) is 14.9 Å². The quantitative estimate of drug-likeness (QED) is 0.715. The van der Waals surface area contributed by atoms with Crippen LogP contribution in [0.25, 0.3) is 0 Å². The van der Waals surface area contributed by atoms with Crippen molar-refractivity contribution in [3.63, 3.8) is 0 Å². The Balaban J connectivity index is 3.31. The maximum absolute atomic E-state index is 11.4. The molecule has 90 valence electrons. The lowest BCUT2D eigenvalue weighted by Crippen LogP contribution is -2.18. The molecule has 0 aliphatic rings. The molecule has 3 N–H and O–H groups in total. The maximum atomic E-state index is 11.4. The fourth-order valence-corrected chi connectivity index (χ4v) is 2.18. The van der Waals surface area contributed by atoms with Crippen LogP contribution in [-0.2, 0) is 21.2 Å². The molecule has 8 heteroatoms. The number of aromatic nitrogens is 2. The van der Waals surface area contributed by atoms with Crippen molar-refractivity contribution in [3.05, 3.63) is 11.4 Å². The summed E-state index contributed by atoms with van der Waals surface area (Å²) in [5.74, 6) is -0.803. The molecule has 0 fully saturated rings. The van der Waals surface area contributed by atoms with Crippen LogP contribution in [-0.4, -0.2) is 31.2 Å². The third kappa shape index (κ3) is 2.39. The number of nitrogens with two attached hydrogens (primary N) is 1. The summed E-state index contributed by atoms with van der Waals surface area (Å²) in [6.07, 6.45) is 0.373. The number of ether oxygens (including phenoxy) is 1.